The quantitative estimate of drug-likeness (QED) is 0.480. The van der Waals surface area contributed by atoms with Crippen molar-refractivity contribution in [2.75, 3.05) is 0 Å². The molecule has 0 saturated heterocycles. The van der Waals surface area contributed by atoms with E-state index in [4.69, 9.17) is 22.5 Å². The van der Waals surface area contributed by atoms with Crippen molar-refractivity contribution < 1.29 is 13.0 Å². The molecule has 0 amide bonds. The Kier molecular flexibility index (Phi) is 5.53. The Hall–Kier alpha value is -1.33. The van der Waals surface area contributed by atoms with Crippen LogP contribution in [0.5, 0.6) is 0 Å². The number of nitrogens with one attached hydrogen (secondary N) is 1. The molecule has 2 rings (SSSR count). The summed E-state index contributed by atoms with van der Waals surface area (Å²) in [6.45, 7) is 1.85. The van der Waals surface area contributed by atoms with Crippen molar-refractivity contribution in [2.24, 2.45) is 4.76 Å². The summed E-state index contributed by atoms with van der Waals surface area (Å²) in [6, 6.07) is 14.6. The first-order valence-electron chi connectivity index (χ1n) is 6.42. The third kappa shape index (κ3) is 5.36. The van der Waals surface area contributed by atoms with Crippen LogP contribution in [-0.4, -0.2) is 14.3 Å². The molecule has 0 unspecified atom stereocenters. The summed E-state index contributed by atoms with van der Waals surface area (Å²) in [5, 5.41) is 0. The van der Waals surface area contributed by atoms with Crippen LogP contribution in [0.25, 0.3) is 0 Å². The molecule has 1 N–H and O–H groups in total. The minimum Gasteiger partial charge on any atom is -0.263 e. The van der Waals surface area contributed by atoms with E-state index in [0.717, 1.165) is 5.56 Å². The van der Waals surface area contributed by atoms with Crippen LogP contribution in [-0.2, 0) is 14.6 Å². The maximum absolute atomic E-state index is 12.4. The van der Waals surface area contributed by atoms with E-state index in [1.165, 1.54) is 12.1 Å². The molecule has 0 heterocycles. The van der Waals surface area contributed by atoms with E-state index >= 15 is 0 Å². The van der Waals surface area contributed by atoms with Crippen molar-refractivity contribution in [2.45, 2.75) is 11.8 Å². The summed E-state index contributed by atoms with van der Waals surface area (Å²) in [6.07, 6.45) is 0. The number of aryl methyl sites for hydroxylation is 1. The molecule has 0 spiro atoms. The van der Waals surface area contributed by atoms with E-state index in [0.29, 0.717) is 5.56 Å². The Labute approximate surface area is 144 Å². The number of rotatable bonds is 4. The van der Waals surface area contributed by atoms with Crippen molar-refractivity contribution >= 4 is 44.3 Å². The summed E-state index contributed by atoms with van der Waals surface area (Å²) in [4.78, 5) is 0.0470. The molecule has 0 aliphatic rings. The average Bonchev–Trinajstić information content (AvgIpc) is 2.46. The lowest BCUT2D eigenvalue weighted by Gasteiger charge is -2.11. The fraction of sp³-hybridized carbons (Fsp3) is 0.0714. The maximum atomic E-state index is 12.4. The number of amidine groups is 1. The summed E-state index contributed by atoms with van der Waals surface area (Å²) in [5.74, 6) is -4.05. The third-order valence-electron chi connectivity index (χ3n) is 2.83. The minimum absolute atomic E-state index is 0.0470. The van der Waals surface area contributed by atoms with Gasteiger partial charge in [-0.15, -0.1) is 0 Å². The van der Waals surface area contributed by atoms with Gasteiger partial charge < -0.3 is 0 Å². The molecule has 0 bridgehead atoms. The van der Waals surface area contributed by atoms with E-state index < -0.39 is 16.0 Å². The Bertz CT molecular complexity index is 863. The van der Waals surface area contributed by atoms with Crippen LogP contribution in [0.4, 0.5) is 0 Å². The molecule has 0 aliphatic heterocycles. The fourth-order valence-electron chi connectivity index (χ4n) is 1.75. The molecule has 0 aromatic heterocycles. The summed E-state index contributed by atoms with van der Waals surface area (Å²) in [5.41, 5.74) is 1.32. The topological polar surface area (TPSA) is 75.6 Å². The molecule has 9 heteroatoms. The lowest BCUT2D eigenvalue weighted by molar-refractivity contribution is 0.592. The number of halogens is 2. The Morgan fingerprint density at radius 2 is 1.61 bits per heavy atom. The normalized spacial score (nSPS) is 12.9. The first-order chi connectivity index (χ1) is 10.7. The summed E-state index contributed by atoms with van der Waals surface area (Å²) in [7, 11) is -3.92. The van der Waals surface area contributed by atoms with E-state index in [2.05, 4.69) is 9.49 Å². The Morgan fingerprint density at radius 3 is 2.13 bits per heavy atom. The molecule has 2 aromatic carbocycles. The third-order valence-corrected chi connectivity index (χ3v) is 5.07. The molecule has 2 aromatic rings. The highest BCUT2D eigenvalue weighted by Gasteiger charge is 2.21. The van der Waals surface area contributed by atoms with E-state index in [9.17, 15) is 13.0 Å². The maximum Gasteiger partial charge on any atom is 0.365 e. The first-order valence-corrected chi connectivity index (χ1v) is 11.4. The summed E-state index contributed by atoms with van der Waals surface area (Å²) >= 11 is 10.9. The fourth-order valence-corrected chi connectivity index (χ4v) is 3.70. The van der Waals surface area contributed by atoms with Gasteiger partial charge in [-0.2, -0.15) is 4.76 Å². The van der Waals surface area contributed by atoms with Crippen molar-refractivity contribution in [3.8, 4) is 0 Å². The Balaban J connectivity index is 2.44. The van der Waals surface area contributed by atoms with E-state index in [1.54, 1.807) is 42.5 Å². The van der Waals surface area contributed by atoms with Gasteiger partial charge in [-0.25, -0.2) is 8.42 Å². The smallest absolute Gasteiger partial charge is 0.263 e. The van der Waals surface area contributed by atoms with Crippen LogP contribution in [0.15, 0.2) is 64.3 Å². The standard InChI is InChI=1S/C14H13Cl2N2O3PS/c1-11-7-9-13(10-8-11)23(20,21)18-14(17-22(15,16)19)12-5-3-2-4-6-12/h2-10H,1H3,(H,17,18,19). The Morgan fingerprint density at radius 1 is 1.04 bits per heavy atom. The van der Waals surface area contributed by atoms with Crippen LogP contribution in [0.1, 0.15) is 11.1 Å². The SMILES string of the molecule is Cc1ccc(S(=O)(=O)N/C(=N/P(=O)(Cl)Cl)c2ccccc2)cc1. The second kappa shape index (κ2) is 7.05. The van der Waals surface area contributed by atoms with Gasteiger partial charge in [-0.1, -0.05) is 48.0 Å². The van der Waals surface area contributed by atoms with Gasteiger partial charge in [0.1, 0.15) is 0 Å². The van der Waals surface area contributed by atoms with Gasteiger partial charge in [0.25, 0.3) is 10.0 Å². The molecule has 0 aliphatic carbocycles. The highest BCUT2D eigenvalue weighted by Crippen LogP contribution is 2.58. The van der Waals surface area contributed by atoms with Gasteiger partial charge in [0.2, 0.25) is 0 Å². The molecule has 0 radical (unpaired) electrons. The first kappa shape index (κ1) is 18.0. The van der Waals surface area contributed by atoms with Crippen molar-refractivity contribution in [3.05, 3.63) is 65.7 Å². The number of hydrogen-bond donors (Lipinski definition) is 1. The van der Waals surface area contributed by atoms with Crippen molar-refractivity contribution in [1.29, 1.82) is 0 Å². The van der Waals surface area contributed by atoms with Gasteiger partial charge in [-0.05, 0) is 41.5 Å². The zero-order valence-electron chi connectivity index (χ0n) is 12.0. The molecular formula is C14H13Cl2N2O3PS. The molecule has 122 valence electrons. The number of hydrogen-bond acceptors (Lipinski definition) is 3. The molecule has 0 fully saturated rings. The lowest BCUT2D eigenvalue weighted by atomic mass is 10.2. The van der Waals surface area contributed by atoms with Crippen LogP contribution in [0, 0.1) is 6.92 Å². The second-order valence-electron chi connectivity index (χ2n) is 4.67. The predicted octanol–water partition coefficient (Wildman–Crippen LogP) is 4.31. The van der Waals surface area contributed by atoms with E-state index in [-0.39, 0.29) is 10.7 Å². The van der Waals surface area contributed by atoms with Gasteiger partial charge in [0.15, 0.2) is 5.84 Å². The molecule has 5 nitrogen and oxygen atoms in total. The van der Waals surface area contributed by atoms with Crippen LogP contribution in [0.2, 0.25) is 0 Å². The number of nitrogens with zero attached hydrogens (tertiary/aromatic N) is 1. The highest BCUT2D eigenvalue weighted by molar-refractivity contribution is 8.07. The molecule has 0 atom stereocenters. The van der Waals surface area contributed by atoms with Crippen LogP contribution in [0.3, 0.4) is 0 Å². The van der Waals surface area contributed by atoms with Gasteiger partial charge in [0.05, 0.1) is 4.90 Å². The number of benzene rings is 2. The largest absolute Gasteiger partial charge is 0.365 e. The average molecular weight is 391 g/mol. The zero-order valence-corrected chi connectivity index (χ0v) is 15.2. The monoisotopic (exact) mass is 390 g/mol. The van der Waals surface area contributed by atoms with Crippen LogP contribution >= 0.6 is 28.5 Å². The van der Waals surface area contributed by atoms with Gasteiger partial charge in [-0.3, -0.25) is 9.29 Å². The van der Waals surface area contributed by atoms with Gasteiger partial charge >= 0.3 is 6.00 Å². The second-order valence-corrected chi connectivity index (χ2v) is 10.7. The molecular weight excluding hydrogens is 378 g/mol. The van der Waals surface area contributed by atoms with Crippen molar-refractivity contribution in [1.82, 2.24) is 4.72 Å². The predicted molar refractivity (Wildman–Crippen MR) is 93.8 cm³/mol. The highest BCUT2D eigenvalue weighted by atomic mass is 35.9. The molecule has 23 heavy (non-hydrogen) atoms. The molecule has 0 saturated carbocycles. The summed E-state index contributed by atoms with van der Waals surface area (Å²) < 4.78 is 42.4. The van der Waals surface area contributed by atoms with Crippen molar-refractivity contribution in [3.63, 3.8) is 0 Å². The zero-order chi connectivity index (χ0) is 17.1. The van der Waals surface area contributed by atoms with E-state index in [1.807, 2.05) is 6.92 Å². The van der Waals surface area contributed by atoms with Gasteiger partial charge in [0, 0.05) is 5.56 Å². The van der Waals surface area contributed by atoms with Crippen LogP contribution < -0.4 is 4.72 Å². The minimum atomic E-state index is -3.92. The lowest BCUT2D eigenvalue weighted by Crippen LogP contribution is -2.31. The number of sulfonamides is 1.